The van der Waals surface area contributed by atoms with E-state index in [1.54, 1.807) is 17.5 Å². The molecule has 1 N–H and O–H groups in total. The number of halogens is 1. The first-order chi connectivity index (χ1) is 11.2. The zero-order valence-electron chi connectivity index (χ0n) is 11.9. The number of benzene rings is 1. The van der Waals surface area contributed by atoms with Crippen molar-refractivity contribution in [2.24, 2.45) is 0 Å². The van der Waals surface area contributed by atoms with Gasteiger partial charge >= 0.3 is 0 Å². The van der Waals surface area contributed by atoms with Crippen LogP contribution in [0.3, 0.4) is 0 Å². The second-order valence-corrected chi connectivity index (χ2v) is 5.28. The lowest BCUT2D eigenvalue weighted by Crippen LogP contribution is -2.25. The van der Waals surface area contributed by atoms with Crippen molar-refractivity contribution in [2.45, 2.75) is 12.8 Å². The van der Waals surface area contributed by atoms with E-state index in [-0.39, 0.29) is 11.7 Å². The largest absolute Gasteiger partial charge is 0.351 e. The van der Waals surface area contributed by atoms with Crippen molar-refractivity contribution in [1.82, 2.24) is 25.0 Å². The van der Waals surface area contributed by atoms with Crippen molar-refractivity contribution in [3.8, 4) is 11.4 Å². The highest BCUT2D eigenvalue weighted by molar-refractivity contribution is 7.03. The molecule has 1 amide bonds. The Morgan fingerprint density at radius 3 is 2.87 bits per heavy atom. The highest BCUT2D eigenvalue weighted by atomic mass is 32.1. The monoisotopic (exact) mass is 333 g/mol. The Bertz CT molecular complexity index is 773. The van der Waals surface area contributed by atoms with Crippen LogP contribution in [0.25, 0.3) is 11.4 Å². The number of carbonyl (C=O) groups excluding carboxylic acids is 1. The average molecular weight is 333 g/mol. The van der Waals surface area contributed by atoms with Gasteiger partial charge in [-0.05, 0) is 42.2 Å². The van der Waals surface area contributed by atoms with Gasteiger partial charge in [-0.1, -0.05) is 9.64 Å². The van der Waals surface area contributed by atoms with Crippen LogP contribution in [0.1, 0.15) is 22.8 Å². The summed E-state index contributed by atoms with van der Waals surface area (Å²) in [5, 5.41) is 11.9. The summed E-state index contributed by atoms with van der Waals surface area (Å²) >= 11 is 1.13. The fraction of sp³-hybridized carbons (Fsp3) is 0.214. The summed E-state index contributed by atoms with van der Waals surface area (Å²) in [6.07, 6.45) is 1.18. The second kappa shape index (κ2) is 7.05. The van der Waals surface area contributed by atoms with Crippen LogP contribution in [0, 0.1) is 5.82 Å². The summed E-state index contributed by atoms with van der Waals surface area (Å²) in [5.74, 6) is 0.311. The third-order valence-electron chi connectivity index (χ3n) is 3.02. The van der Waals surface area contributed by atoms with Crippen LogP contribution in [-0.2, 0) is 6.42 Å². The van der Waals surface area contributed by atoms with Gasteiger partial charge in [0, 0.05) is 23.9 Å². The first-order valence-corrected chi connectivity index (χ1v) is 7.70. The maximum absolute atomic E-state index is 12.9. The SMILES string of the molecule is O=C(NCCCc1nc(-c2ccc(F)cc2)no1)c1csnn1. The molecule has 1 aromatic carbocycles. The van der Waals surface area contributed by atoms with Gasteiger partial charge in [-0.2, -0.15) is 4.98 Å². The van der Waals surface area contributed by atoms with E-state index in [9.17, 15) is 9.18 Å². The smallest absolute Gasteiger partial charge is 0.272 e. The van der Waals surface area contributed by atoms with Crippen molar-refractivity contribution in [2.75, 3.05) is 6.54 Å². The third-order valence-corrected chi connectivity index (χ3v) is 3.52. The molecule has 0 radical (unpaired) electrons. The van der Waals surface area contributed by atoms with Crippen LogP contribution in [0.5, 0.6) is 0 Å². The number of hydrogen-bond acceptors (Lipinski definition) is 7. The number of amides is 1. The normalized spacial score (nSPS) is 10.7. The number of nitrogens with zero attached hydrogens (tertiary/aromatic N) is 4. The Labute approximate surface area is 134 Å². The van der Waals surface area contributed by atoms with Crippen LogP contribution in [-0.4, -0.2) is 32.2 Å². The summed E-state index contributed by atoms with van der Waals surface area (Å²) in [4.78, 5) is 15.9. The lowest BCUT2D eigenvalue weighted by atomic mass is 10.2. The summed E-state index contributed by atoms with van der Waals surface area (Å²) in [6, 6.07) is 5.86. The fourth-order valence-corrected chi connectivity index (χ4v) is 2.30. The molecule has 23 heavy (non-hydrogen) atoms. The highest BCUT2D eigenvalue weighted by Crippen LogP contribution is 2.16. The van der Waals surface area contributed by atoms with Gasteiger partial charge in [0.15, 0.2) is 5.69 Å². The Kier molecular flexibility index (Phi) is 4.67. The molecule has 3 rings (SSSR count). The molecule has 118 valence electrons. The highest BCUT2D eigenvalue weighted by Gasteiger charge is 2.10. The topological polar surface area (TPSA) is 93.8 Å². The molecular weight excluding hydrogens is 321 g/mol. The minimum atomic E-state index is -0.316. The molecule has 0 spiro atoms. The summed E-state index contributed by atoms with van der Waals surface area (Å²) < 4.78 is 21.6. The molecule has 0 aliphatic carbocycles. The van der Waals surface area contributed by atoms with Crippen LogP contribution in [0.2, 0.25) is 0 Å². The van der Waals surface area contributed by atoms with Gasteiger partial charge in [0.1, 0.15) is 5.82 Å². The molecule has 0 unspecified atom stereocenters. The Morgan fingerprint density at radius 1 is 1.30 bits per heavy atom. The Morgan fingerprint density at radius 2 is 2.13 bits per heavy atom. The van der Waals surface area contributed by atoms with Gasteiger partial charge in [0.2, 0.25) is 11.7 Å². The zero-order chi connectivity index (χ0) is 16.1. The van der Waals surface area contributed by atoms with Crippen molar-refractivity contribution in [1.29, 1.82) is 0 Å². The van der Waals surface area contributed by atoms with Crippen LogP contribution >= 0.6 is 11.5 Å². The van der Waals surface area contributed by atoms with Crippen LogP contribution in [0.15, 0.2) is 34.2 Å². The summed E-state index contributed by atoms with van der Waals surface area (Å²) in [6.45, 7) is 0.463. The van der Waals surface area contributed by atoms with E-state index >= 15 is 0 Å². The number of hydrogen-bond donors (Lipinski definition) is 1. The Balaban J connectivity index is 1.48. The molecular formula is C14H12FN5O2S. The van der Waals surface area contributed by atoms with Gasteiger partial charge < -0.3 is 9.84 Å². The van der Waals surface area contributed by atoms with E-state index in [0.717, 1.165) is 11.5 Å². The standard InChI is InChI=1S/C14H12FN5O2S/c15-10-5-3-9(4-6-10)13-17-12(22-19-13)2-1-7-16-14(21)11-8-23-20-18-11/h3-6,8H,1-2,7H2,(H,16,21). The molecule has 0 atom stereocenters. The second-order valence-electron chi connectivity index (χ2n) is 4.67. The van der Waals surface area contributed by atoms with Gasteiger partial charge in [-0.25, -0.2) is 4.39 Å². The number of aryl methyl sites for hydroxylation is 1. The lowest BCUT2D eigenvalue weighted by Gasteiger charge is -2.00. The maximum atomic E-state index is 12.9. The maximum Gasteiger partial charge on any atom is 0.272 e. The minimum absolute atomic E-state index is 0.253. The number of aromatic nitrogens is 4. The van der Waals surface area contributed by atoms with Crippen molar-refractivity contribution >= 4 is 17.4 Å². The van der Waals surface area contributed by atoms with Gasteiger partial charge in [0.25, 0.3) is 5.91 Å². The fourth-order valence-electron chi connectivity index (χ4n) is 1.87. The minimum Gasteiger partial charge on any atom is -0.351 e. The molecule has 0 aliphatic rings. The van der Waals surface area contributed by atoms with E-state index in [1.165, 1.54) is 12.1 Å². The first kappa shape index (κ1) is 15.2. The summed E-state index contributed by atoms with van der Waals surface area (Å²) in [5.41, 5.74) is 0.997. The number of carbonyl (C=O) groups is 1. The summed E-state index contributed by atoms with van der Waals surface area (Å²) in [7, 11) is 0. The van der Waals surface area contributed by atoms with E-state index < -0.39 is 0 Å². The van der Waals surface area contributed by atoms with Crippen molar-refractivity contribution < 1.29 is 13.7 Å². The Hall–Kier alpha value is -2.68. The van der Waals surface area contributed by atoms with Crippen molar-refractivity contribution in [3.05, 3.63) is 47.0 Å². The molecule has 2 aromatic heterocycles. The molecule has 7 nitrogen and oxygen atoms in total. The lowest BCUT2D eigenvalue weighted by molar-refractivity contribution is 0.0948. The van der Waals surface area contributed by atoms with Gasteiger partial charge in [-0.15, -0.1) is 5.10 Å². The molecule has 0 aliphatic heterocycles. The van der Waals surface area contributed by atoms with Crippen molar-refractivity contribution in [3.63, 3.8) is 0 Å². The quantitative estimate of drug-likeness (QED) is 0.694. The molecule has 0 bridgehead atoms. The van der Waals surface area contributed by atoms with E-state index in [2.05, 4.69) is 25.0 Å². The molecule has 2 heterocycles. The van der Waals surface area contributed by atoms with E-state index in [0.29, 0.717) is 42.4 Å². The number of rotatable bonds is 6. The molecule has 0 fully saturated rings. The third kappa shape index (κ3) is 3.95. The van der Waals surface area contributed by atoms with Gasteiger partial charge in [-0.3, -0.25) is 4.79 Å². The predicted molar refractivity (Wildman–Crippen MR) is 80.3 cm³/mol. The molecule has 0 saturated heterocycles. The predicted octanol–water partition coefficient (Wildman–Crippen LogP) is 2.09. The molecule has 9 heteroatoms. The van der Waals surface area contributed by atoms with Crippen LogP contribution < -0.4 is 5.32 Å². The van der Waals surface area contributed by atoms with E-state index in [1.807, 2.05) is 0 Å². The first-order valence-electron chi connectivity index (χ1n) is 6.86. The van der Waals surface area contributed by atoms with Crippen LogP contribution in [0.4, 0.5) is 4.39 Å². The zero-order valence-corrected chi connectivity index (χ0v) is 12.7. The van der Waals surface area contributed by atoms with E-state index in [4.69, 9.17) is 4.52 Å². The van der Waals surface area contributed by atoms with Gasteiger partial charge in [0.05, 0.1) is 0 Å². The average Bonchev–Trinajstić information content (AvgIpc) is 3.24. The molecule has 3 aromatic rings. The molecule has 0 saturated carbocycles. The number of nitrogens with one attached hydrogen (secondary N) is 1.